The Balaban J connectivity index is 2.11. The first-order chi connectivity index (χ1) is 13.4. The largest absolute Gasteiger partial charge is 0.427 e. The molecule has 1 aliphatic heterocycles. The molecule has 0 fully saturated rings. The van der Waals surface area contributed by atoms with Crippen molar-refractivity contribution >= 4 is 45.8 Å². The topological polar surface area (TPSA) is 58.9 Å². The molecule has 2 aromatic carbocycles. The Labute approximate surface area is 178 Å². The third-order valence-corrected chi connectivity index (χ3v) is 7.45. The van der Waals surface area contributed by atoms with Crippen molar-refractivity contribution in [1.29, 1.82) is 0 Å². The highest BCUT2D eigenvalue weighted by atomic mass is 28.2. The zero-order chi connectivity index (χ0) is 21.5. The van der Waals surface area contributed by atoms with Gasteiger partial charge in [-0.25, -0.2) is 0 Å². The van der Waals surface area contributed by atoms with Crippen molar-refractivity contribution in [1.82, 2.24) is 0 Å². The lowest BCUT2D eigenvalue weighted by Gasteiger charge is -2.56. The predicted molar refractivity (Wildman–Crippen MR) is 120 cm³/mol. The van der Waals surface area contributed by atoms with E-state index in [-0.39, 0.29) is 0 Å². The summed E-state index contributed by atoms with van der Waals surface area (Å²) >= 11 is 0. The lowest BCUT2D eigenvalue weighted by atomic mass is 9.65. The highest BCUT2D eigenvalue weighted by Gasteiger charge is 2.60. The predicted octanol–water partition coefficient (Wildman–Crippen LogP) is -0.0634. The Bertz CT molecular complexity index is 879. The van der Waals surface area contributed by atoms with Crippen molar-refractivity contribution in [2.24, 2.45) is 0 Å². The molecule has 4 nitrogen and oxygen atoms in total. The van der Waals surface area contributed by atoms with Crippen molar-refractivity contribution in [2.45, 2.75) is 63.9 Å². The molecule has 7 heteroatoms. The molecule has 4 radical (unpaired) electrons. The first kappa shape index (κ1) is 22.3. The standard InChI is InChI=1S/C22H28B2O4Si/c1-19(2,25)22(6)21(5,26)20(3,4)27-23-15-9-7-11-17(13-15)29-18-12-8-10-16(14-18)24-28-22/h7-14,25-26H,1-6H3. The minimum absolute atomic E-state index is 0.497. The molecule has 2 N–H and O–H groups in total. The van der Waals surface area contributed by atoms with E-state index in [4.69, 9.17) is 9.31 Å². The molecular weight excluding hydrogens is 378 g/mol. The molecule has 29 heavy (non-hydrogen) atoms. The maximum absolute atomic E-state index is 11.7. The number of hydrogen-bond acceptors (Lipinski definition) is 4. The van der Waals surface area contributed by atoms with Gasteiger partial charge in [-0.05, 0) is 41.5 Å². The van der Waals surface area contributed by atoms with E-state index in [9.17, 15) is 10.2 Å². The summed E-state index contributed by atoms with van der Waals surface area (Å²) in [5, 5.41) is 25.0. The van der Waals surface area contributed by atoms with Crippen LogP contribution in [0.5, 0.6) is 0 Å². The van der Waals surface area contributed by atoms with Crippen LogP contribution in [0.25, 0.3) is 0 Å². The number of rotatable bonds is 1. The van der Waals surface area contributed by atoms with Crippen molar-refractivity contribution < 1.29 is 19.5 Å². The molecule has 2 atom stereocenters. The first-order valence-electron chi connectivity index (χ1n) is 9.80. The lowest BCUT2D eigenvalue weighted by molar-refractivity contribution is -0.254. The van der Waals surface area contributed by atoms with Gasteiger partial charge in [-0.2, -0.15) is 0 Å². The molecule has 0 spiro atoms. The van der Waals surface area contributed by atoms with Gasteiger partial charge < -0.3 is 19.5 Å². The van der Waals surface area contributed by atoms with Gasteiger partial charge in [0.2, 0.25) is 0 Å². The van der Waals surface area contributed by atoms with Crippen LogP contribution < -0.4 is 21.3 Å². The Morgan fingerprint density at radius 2 is 1.34 bits per heavy atom. The van der Waals surface area contributed by atoms with Crippen LogP contribution in [0.15, 0.2) is 48.5 Å². The molecule has 2 unspecified atom stereocenters. The Morgan fingerprint density at radius 3 is 1.83 bits per heavy atom. The molecule has 1 heterocycles. The van der Waals surface area contributed by atoms with Gasteiger partial charge in [-0.15, -0.1) is 0 Å². The maximum Gasteiger partial charge on any atom is 0.331 e. The molecule has 4 bridgehead atoms. The quantitative estimate of drug-likeness (QED) is 0.652. The van der Waals surface area contributed by atoms with E-state index >= 15 is 0 Å². The molecule has 0 aromatic heterocycles. The minimum atomic E-state index is -1.55. The van der Waals surface area contributed by atoms with Crippen LogP contribution in [-0.4, -0.2) is 57.1 Å². The highest BCUT2D eigenvalue weighted by molar-refractivity contribution is 6.68. The third-order valence-electron chi connectivity index (χ3n) is 6.25. The summed E-state index contributed by atoms with van der Waals surface area (Å²) in [5.41, 5.74) is -3.53. The van der Waals surface area contributed by atoms with Gasteiger partial charge in [0.15, 0.2) is 0 Å². The SMILES string of the molecule is CC(C)(O)C1(C)O[B]c2cccc(c2)[Si]c2cccc(c2)[B]OC(C)(C)C1(C)O. The van der Waals surface area contributed by atoms with Crippen LogP contribution in [-0.2, 0) is 9.31 Å². The van der Waals surface area contributed by atoms with Gasteiger partial charge in [0.05, 0.1) is 11.2 Å². The molecule has 0 saturated carbocycles. The number of benzene rings is 2. The van der Waals surface area contributed by atoms with Gasteiger partial charge in [-0.1, -0.05) is 69.8 Å². The van der Waals surface area contributed by atoms with E-state index < -0.39 is 22.4 Å². The van der Waals surface area contributed by atoms with E-state index in [0.29, 0.717) is 9.52 Å². The molecular formula is C22H28B2O4Si. The molecule has 0 saturated heterocycles. The summed E-state index contributed by atoms with van der Waals surface area (Å²) in [6, 6.07) is 16.3. The lowest BCUT2D eigenvalue weighted by Crippen LogP contribution is -2.72. The zero-order valence-electron chi connectivity index (χ0n) is 18.0. The monoisotopic (exact) mass is 406 g/mol. The van der Waals surface area contributed by atoms with E-state index in [1.54, 1.807) is 56.5 Å². The molecule has 1 aliphatic rings. The summed E-state index contributed by atoms with van der Waals surface area (Å²) in [6.45, 7) is 10.2. The smallest absolute Gasteiger partial charge is 0.331 e. The van der Waals surface area contributed by atoms with E-state index in [1.165, 1.54) is 10.4 Å². The third kappa shape index (κ3) is 4.25. The van der Waals surface area contributed by atoms with Gasteiger partial charge in [-0.3, -0.25) is 0 Å². The van der Waals surface area contributed by atoms with E-state index in [2.05, 4.69) is 24.3 Å². The highest BCUT2D eigenvalue weighted by Crippen LogP contribution is 2.43. The molecule has 0 aliphatic carbocycles. The second kappa shape index (κ2) is 7.71. The fraction of sp³-hybridized carbons (Fsp3) is 0.455. The fourth-order valence-electron chi connectivity index (χ4n) is 3.49. The second-order valence-corrected chi connectivity index (χ2v) is 10.4. The fourth-order valence-corrected chi connectivity index (χ4v) is 4.66. The van der Waals surface area contributed by atoms with Crippen LogP contribution in [0.1, 0.15) is 41.5 Å². The van der Waals surface area contributed by atoms with Crippen molar-refractivity contribution in [3.8, 4) is 0 Å². The molecule has 3 rings (SSSR count). The van der Waals surface area contributed by atoms with Gasteiger partial charge in [0.25, 0.3) is 0 Å². The number of fused-ring (bicyclic) bond motifs is 4. The summed E-state index contributed by atoms with van der Waals surface area (Å²) < 4.78 is 12.3. The maximum atomic E-state index is 11.7. The first-order valence-corrected chi connectivity index (χ1v) is 10.8. The van der Waals surface area contributed by atoms with Crippen LogP contribution in [0, 0.1) is 0 Å². The Kier molecular flexibility index (Phi) is 5.93. The Morgan fingerprint density at radius 1 is 0.862 bits per heavy atom. The molecule has 2 aromatic rings. The average Bonchev–Trinajstić information content (AvgIpc) is 2.63. The number of hydrogen-bond donors (Lipinski definition) is 2. The summed E-state index contributed by atoms with van der Waals surface area (Å²) in [5.74, 6) is 0. The van der Waals surface area contributed by atoms with Crippen LogP contribution >= 0.6 is 0 Å². The van der Waals surface area contributed by atoms with Crippen LogP contribution in [0.3, 0.4) is 0 Å². The zero-order valence-corrected chi connectivity index (χ0v) is 19.0. The van der Waals surface area contributed by atoms with Crippen LogP contribution in [0.2, 0.25) is 0 Å². The van der Waals surface area contributed by atoms with E-state index in [0.717, 1.165) is 10.9 Å². The summed E-state index contributed by atoms with van der Waals surface area (Å²) in [7, 11) is 3.78. The minimum Gasteiger partial charge on any atom is -0.427 e. The van der Waals surface area contributed by atoms with E-state index in [1.807, 2.05) is 24.3 Å². The van der Waals surface area contributed by atoms with Gasteiger partial charge in [0, 0.05) is 0 Å². The summed E-state index contributed by atoms with van der Waals surface area (Å²) in [4.78, 5) is 0. The Hall–Kier alpha value is -1.37. The van der Waals surface area contributed by atoms with Gasteiger partial charge in [0.1, 0.15) is 20.7 Å². The summed E-state index contributed by atoms with van der Waals surface area (Å²) in [6.07, 6.45) is 0. The van der Waals surface area contributed by atoms with Crippen molar-refractivity contribution in [3.05, 3.63) is 48.5 Å². The van der Waals surface area contributed by atoms with Gasteiger partial charge >= 0.3 is 15.0 Å². The average molecular weight is 406 g/mol. The molecule has 150 valence electrons. The van der Waals surface area contributed by atoms with Crippen molar-refractivity contribution in [2.75, 3.05) is 0 Å². The van der Waals surface area contributed by atoms with Crippen LogP contribution in [0.4, 0.5) is 0 Å². The normalized spacial score (nSPS) is 27.3. The van der Waals surface area contributed by atoms with Crippen molar-refractivity contribution in [3.63, 3.8) is 0 Å². The second-order valence-electron chi connectivity index (χ2n) is 9.02. The molecule has 0 amide bonds. The number of aliphatic hydroxyl groups is 2.